The van der Waals surface area contributed by atoms with Crippen molar-refractivity contribution >= 4 is 11.8 Å². The van der Waals surface area contributed by atoms with E-state index >= 15 is 0 Å². The molecule has 0 aromatic heterocycles. The quantitative estimate of drug-likeness (QED) is 0.512. The van der Waals surface area contributed by atoms with Gasteiger partial charge in [-0.25, -0.2) is 0 Å². The van der Waals surface area contributed by atoms with Gasteiger partial charge in [0, 0.05) is 18.5 Å². The molecule has 2 rings (SSSR count). The van der Waals surface area contributed by atoms with Crippen LogP contribution in [-0.4, -0.2) is 41.4 Å². The summed E-state index contributed by atoms with van der Waals surface area (Å²) in [5.41, 5.74) is -0.522. The maximum Gasteiger partial charge on any atom is 0.318 e. The van der Waals surface area contributed by atoms with E-state index in [1.807, 2.05) is 27.8 Å². The van der Waals surface area contributed by atoms with E-state index in [4.69, 9.17) is 4.74 Å². The zero-order chi connectivity index (χ0) is 12.8. The molecule has 4 nitrogen and oxygen atoms in total. The molecule has 3 unspecified atom stereocenters. The lowest BCUT2D eigenvalue weighted by molar-refractivity contribution is -0.166. The minimum absolute atomic E-state index is 0.0519. The second-order valence-corrected chi connectivity index (χ2v) is 6.15. The highest BCUT2D eigenvalue weighted by atomic mass is 16.6. The van der Waals surface area contributed by atoms with Crippen molar-refractivity contribution in [3.63, 3.8) is 0 Å². The molecule has 96 valence electrons. The maximum absolute atomic E-state index is 12.1. The number of ketones is 1. The number of carbonyl (C=O) groups is 2. The normalized spacial score (nSPS) is 33.9. The summed E-state index contributed by atoms with van der Waals surface area (Å²) >= 11 is 0. The highest BCUT2D eigenvalue weighted by Crippen LogP contribution is 2.37. The average molecular weight is 239 g/mol. The van der Waals surface area contributed by atoms with Crippen molar-refractivity contribution in [1.29, 1.82) is 0 Å². The molecule has 2 aliphatic heterocycles. The Bertz CT molecular complexity index is 345. The first-order valence-corrected chi connectivity index (χ1v) is 6.27. The van der Waals surface area contributed by atoms with Crippen molar-refractivity contribution in [2.45, 2.75) is 57.7 Å². The van der Waals surface area contributed by atoms with E-state index in [0.717, 1.165) is 12.8 Å². The molecule has 0 amide bonds. The highest BCUT2D eigenvalue weighted by molar-refractivity contribution is 6.01. The topological polar surface area (TPSA) is 46.6 Å². The fourth-order valence-corrected chi connectivity index (χ4v) is 2.92. The second kappa shape index (κ2) is 4.09. The molecule has 2 fully saturated rings. The molecule has 0 N–H and O–H groups in total. The lowest BCUT2D eigenvalue weighted by atomic mass is 9.89. The molecule has 17 heavy (non-hydrogen) atoms. The van der Waals surface area contributed by atoms with Crippen LogP contribution in [0, 0.1) is 5.92 Å². The lowest BCUT2D eigenvalue weighted by Gasteiger charge is -2.36. The Labute approximate surface area is 102 Å². The third-order valence-corrected chi connectivity index (χ3v) is 3.72. The Hall–Kier alpha value is -0.900. The Morgan fingerprint density at radius 2 is 2.00 bits per heavy atom. The largest absolute Gasteiger partial charge is 0.459 e. The summed E-state index contributed by atoms with van der Waals surface area (Å²) in [4.78, 5) is 26.3. The van der Waals surface area contributed by atoms with Crippen LogP contribution in [0.15, 0.2) is 0 Å². The molecule has 0 aromatic rings. The molecule has 0 aliphatic carbocycles. The maximum atomic E-state index is 12.1. The number of piperidine rings is 1. The number of carbonyl (C=O) groups excluding carboxylic acids is 2. The molecule has 0 spiro atoms. The highest BCUT2D eigenvalue weighted by Gasteiger charge is 2.49. The average Bonchev–Trinajstić information content (AvgIpc) is 2.43. The van der Waals surface area contributed by atoms with Gasteiger partial charge in [0.25, 0.3) is 0 Å². The number of hydrogen-bond donors (Lipinski definition) is 0. The summed E-state index contributed by atoms with van der Waals surface area (Å²) in [5.74, 6) is -0.859. The van der Waals surface area contributed by atoms with E-state index < -0.39 is 11.5 Å². The van der Waals surface area contributed by atoms with E-state index in [9.17, 15) is 9.59 Å². The van der Waals surface area contributed by atoms with Crippen molar-refractivity contribution in [2.75, 3.05) is 7.05 Å². The van der Waals surface area contributed by atoms with E-state index in [0.29, 0.717) is 12.5 Å². The first kappa shape index (κ1) is 12.6. The number of nitrogens with zero attached hydrogens (tertiary/aromatic N) is 1. The summed E-state index contributed by atoms with van der Waals surface area (Å²) in [6, 6.07) is 0.391. The molecule has 2 saturated heterocycles. The molecule has 4 heteroatoms. The molecular formula is C13H21NO3. The van der Waals surface area contributed by atoms with Gasteiger partial charge in [-0.3, -0.25) is 14.5 Å². The van der Waals surface area contributed by atoms with Crippen LogP contribution < -0.4 is 0 Å². The van der Waals surface area contributed by atoms with Crippen LogP contribution in [-0.2, 0) is 14.3 Å². The van der Waals surface area contributed by atoms with Crippen molar-refractivity contribution in [3.05, 3.63) is 0 Å². The van der Waals surface area contributed by atoms with Crippen molar-refractivity contribution < 1.29 is 14.3 Å². The van der Waals surface area contributed by atoms with Crippen LogP contribution >= 0.6 is 0 Å². The van der Waals surface area contributed by atoms with Crippen LogP contribution in [0.1, 0.15) is 40.0 Å². The van der Waals surface area contributed by atoms with Gasteiger partial charge in [-0.15, -0.1) is 0 Å². The SMILES string of the molecule is CN1C2CCC1C(C(=O)OC(C)(C)C)C(=O)C2. The predicted octanol–water partition coefficient (Wildman–Crippen LogP) is 1.38. The first-order chi connectivity index (χ1) is 7.79. The van der Waals surface area contributed by atoms with Crippen LogP contribution in [0.3, 0.4) is 0 Å². The molecule has 2 aliphatic rings. The van der Waals surface area contributed by atoms with E-state index in [1.54, 1.807) is 0 Å². The molecule has 2 bridgehead atoms. The van der Waals surface area contributed by atoms with Gasteiger partial charge in [0.2, 0.25) is 0 Å². The van der Waals surface area contributed by atoms with Gasteiger partial charge in [-0.1, -0.05) is 0 Å². The van der Waals surface area contributed by atoms with E-state index in [2.05, 4.69) is 4.90 Å². The second-order valence-electron chi connectivity index (χ2n) is 6.15. The van der Waals surface area contributed by atoms with Gasteiger partial charge in [0.05, 0.1) is 0 Å². The zero-order valence-electron chi connectivity index (χ0n) is 11.0. The number of fused-ring (bicyclic) bond motifs is 2. The van der Waals surface area contributed by atoms with Gasteiger partial charge < -0.3 is 4.74 Å². The minimum atomic E-state index is -0.571. The van der Waals surface area contributed by atoms with Gasteiger partial charge in [0.1, 0.15) is 17.3 Å². The number of Topliss-reactive ketones (excluding diaryl/α,β-unsaturated/α-hetero) is 1. The summed E-state index contributed by atoms with van der Waals surface area (Å²) in [5, 5.41) is 0. The fraction of sp³-hybridized carbons (Fsp3) is 0.846. The van der Waals surface area contributed by atoms with Crippen LogP contribution in [0.2, 0.25) is 0 Å². The van der Waals surface area contributed by atoms with Crippen LogP contribution in [0.25, 0.3) is 0 Å². The monoisotopic (exact) mass is 239 g/mol. The molecule has 0 aromatic carbocycles. The Morgan fingerprint density at radius 3 is 2.59 bits per heavy atom. The first-order valence-electron chi connectivity index (χ1n) is 6.27. The molecular weight excluding hydrogens is 218 g/mol. The van der Waals surface area contributed by atoms with Gasteiger partial charge >= 0.3 is 5.97 Å². The van der Waals surface area contributed by atoms with Crippen molar-refractivity contribution in [1.82, 2.24) is 4.90 Å². The van der Waals surface area contributed by atoms with Gasteiger partial charge in [-0.05, 0) is 40.7 Å². The fourth-order valence-electron chi connectivity index (χ4n) is 2.92. The summed E-state index contributed by atoms with van der Waals surface area (Å²) in [6.45, 7) is 5.50. The number of esters is 1. The Kier molecular flexibility index (Phi) is 3.02. The Balaban J connectivity index is 2.14. The summed E-state index contributed by atoms with van der Waals surface area (Å²) in [7, 11) is 2.01. The minimum Gasteiger partial charge on any atom is -0.459 e. The Morgan fingerprint density at radius 1 is 1.35 bits per heavy atom. The standard InChI is InChI=1S/C13H21NO3/c1-13(2,3)17-12(16)11-9-6-5-8(14(9)4)7-10(11)15/h8-9,11H,5-7H2,1-4H3. The lowest BCUT2D eigenvalue weighted by Crippen LogP contribution is -2.51. The number of ether oxygens (including phenoxy) is 1. The third kappa shape index (κ3) is 2.37. The molecule has 3 atom stereocenters. The zero-order valence-corrected chi connectivity index (χ0v) is 11.0. The number of rotatable bonds is 1. The molecule has 2 heterocycles. The van der Waals surface area contributed by atoms with E-state index in [1.165, 1.54) is 0 Å². The van der Waals surface area contributed by atoms with Crippen molar-refractivity contribution in [3.8, 4) is 0 Å². The molecule has 0 radical (unpaired) electrons. The van der Waals surface area contributed by atoms with Crippen LogP contribution in [0.4, 0.5) is 0 Å². The smallest absolute Gasteiger partial charge is 0.318 e. The van der Waals surface area contributed by atoms with Crippen molar-refractivity contribution in [2.24, 2.45) is 5.92 Å². The summed E-state index contributed by atoms with van der Waals surface area (Å²) in [6.07, 6.45) is 2.44. The van der Waals surface area contributed by atoms with E-state index in [-0.39, 0.29) is 17.8 Å². The predicted molar refractivity (Wildman–Crippen MR) is 63.5 cm³/mol. The van der Waals surface area contributed by atoms with Crippen LogP contribution in [0.5, 0.6) is 0 Å². The van der Waals surface area contributed by atoms with Gasteiger partial charge in [-0.2, -0.15) is 0 Å². The summed E-state index contributed by atoms with van der Waals surface area (Å²) < 4.78 is 5.36. The van der Waals surface area contributed by atoms with Gasteiger partial charge in [0.15, 0.2) is 0 Å². The third-order valence-electron chi connectivity index (χ3n) is 3.72. The number of hydrogen-bond acceptors (Lipinski definition) is 4. The molecule has 0 saturated carbocycles.